The molecule has 6 nitrogen and oxygen atoms in total. The molecule has 7 heteroatoms. The Kier molecular flexibility index (Phi) is 4.86. The smallest absolute Gasteiger partial charge is 0.407 e. The van der Waals surface area contributed by atoms with Crippen molar-refractivity contribution >= 4 is 21.6 Å². The van der Waals surface area contributed by atoms with Gasteiger partial charge in [-0.3, -0.25) is 0 Å². The summed E-state index contributed by atoms with van der Waals surface area (Å²) in [6.07, 6.45) is -0.691. The fourth-order valence-electron chi connectivity index (χ4n) is 3.31. The van der Waals surface area contributed by atoms with Crippen molar-refractivity contribution in [3.05, 3.63) is 23.8 Å². The first-order chi connectivity index (χ1) is 10.9. The van der Waals surface area contributed by atoms with Crippen LogP contribution in [0.25, 0.3) is 0 Å². The molecular formula is C17H26N2O4S. The molecule has 1 aromatic carbocycles. The Labute approximate surface area is 143 Å². The van der Waals surface area contributed by atoms with Gasteiger partial charge in [0.05, 0.1) is 10.1 Å². The summed E-state index contributed by atoms with van der Waals surface area (Å²) < 4.78 is 26.4. The van der Waals surface area contributed by atoms with Crippen molar-refractivity contribution in [3.63, 3.8) is 0 Å². The summed E-state index contributed by atoms with van der Waals surface area (Å²) >= 11 is 0. The summed E-state index contributed by atoms with van der Waals surface area (Å²) in [5.41, 5.74) is 6.75. The van der Waals surface area contributed by atoms with E-state index in [4.69, 9.17) is 5.73 Å². The molecule has 0 aromatic heterocycles. The third kappa shape index (κ3) is 3.50. The summed E-state index contributed by atoms with van der Waals surface area (Å²) in [6.45, 7) is 8.12. The maximum absolute atomic E-state index is 13.2. The average Bonchev–Trinajstić information content (AvgIpc) is 2.48. The van der Waals surface area contributed by atoms with E-state index in [2.05, 4.69) is 0 Å². The van der Waals surface area contributed by atoms with Gasteiger partial charge >= 0.3 is 6.09 Å². The Morgan fingerprint density at radius 1 is 1.33 bits per heavy atom. The first-order valence-electron chi connectivity index (χ1n) is 8.02. The van der Waals surface area contributed by atoms with Crippen LogP contribution in [0, 0.1) is 18.3 Å². The lowest BCUT2D eigenvalue weighted by Gasteiger charge is -2.43. The lowest BCUT2D eigenvalue weighted by Crippen LogP contribution is -2.52. The monoisotopic (exact) mass is 354 g/mol. The van der Waals surface area contributed by atoms with E-state index in [0.29, 0.717) is 12.1 Å². The summed E-state index contributed by atoms with van der Waals surface area (Å²) in [5, 5.41) is 8.66. The molecule has 0 spiro atoms. The van der Waals surface area contributed by atoms with Crippen molar-refractivity contribution in [2.75, 3.05) is 18.8 Å². The number of hydrogen-bond acceptors (Lipinski definition) is 4. The standard InChI is InChI=1S/C17H26N2O4S/c1-11-9-12(5-6-14(11)18)24(22,23)15-7-8-19(16(20)21)10-13(15)17(2,3)4/h5-6,9,13,15H,7-8,10,18H2,1-4H3,(H,20,21). The quantitative estimate of drug-likeness (QED) is 0.795. The van der Waals surface area contributed by atoms with Gasteiger partial charge < -0.3 is 15.7 Å². The van der Waals surface area contributed by atoms with Crippen LogP contribution in [-0.4, -0.2) is 42.9 Å². The highest BCUT2D eigenvalue weighted by Gasteiger charge is 2.45. The molecule has 2 unspecified atom stereocenters. The third-order valence-electron chi connectivity index (χ3n) is 4.90. The molecular weight excluding hydrogens is 328 g/mol. The van der Waals surface area contributed by atoms with Crippen LogP contribution in [0.15, 0.2) is 23.1 Å². The van der Waals surface area contributed by atoms with Crippen LogP contribution in [-0.2, 0) is 9.84 Å². The van der Waals surface area contributed by atoms with E-state index in [1.54, 1.807) is 25.1 Å². The predicted molar refractivity (Wildman–Crippen MR) is 93.7 cm³/mol. The molecule has 0 saturated carbocycles. The molecule has 2 atom stereocenters. The number of rotatable bonds is 2. The van der Waals surface area contributed by atoms with Gasteiger partial charge in [0, 0.05) is 18.8 Å². The normalized spacial score (nSPS) is 22.4. The molecule has 0 bridgehead atoms. The highest BCUT2D eigenvalue weighted by Crippen LogP contribution is 2.39. The van der Waals surface area contributed by atoms with Gasteiger partial charge in [-0.1, -0.05) is 20.8 Å². The van der Waals surface area contributed by atoms with Gasteiger partial charge in [-0.2, -0.15) is 0 Å². The van der Waals surface area contributed by atoms with E-state index in [9.17, 15) is 18.3 Å². The minimum absolute atomic E-state index is 0.233. The molecule has 2 rings (SSSR count). The van der Waals surface area contributed by atoms with E-state index < -0.39 is 21.2 Å². The zero-order valence-corrected chi connectivity index (χ0v) is 15.4. The van der Waals surface area contributed by atoms with Crippen LogP contribution in [0.3, 0.4) is 0 Å². The summed E-state index contributed by atoms with van der Waals surface area (Å²) in [4.78, 5) is 12.9. The molecule has 0 radical (unpaired) electrons. The topological polar surface area (TPSA) is 101 Å². The van der Waals surface area contributed by atoms with Gasteiger partial charge in [0.2, 0.25) is 0 Å². The molecule has 1 aliphatic rings. The Morgan fingerprint density at radius 2 is 1.96 bits per heavy atom. The summed E-state index contributed by atoms with van der Waals surface area (Å²) in [5.74, 6) is -0.273. The van der Waals surface area contributed by atoms with E-state index in [1.807, 2.05) is 20.8 Å². The predicted octanol–water partition coefficient (Wildman–Crippen LogP) is 2.77. The van der Waals surface area contributed by atoms with Crippen LogP contribution in [0.2, 0.25) is 0 Å². The number of benzene rings is 1. The molecule has 1 aromatic rings. The molecule has 24 heavy (non-hydrogen) atoms. The maximum atomic E-state index is 13.2. The zero-order chi connectivity index (χ0) is 18.3. The molecule has 1 aliphatic heterocycles. The number of sulfone groups is 1. The number of likely N-dealkylation sites (tertiary alicyclic amines) is 1. The van der Waals surface area contributed by atoms with Gasteiger partial charge in [0.15, 0.2) is 9.84 Å². The average molecular weight is 354 g/mol. The first-order valence-corrected chi connectivity index (χ1v) is 9.57. The van der Waals surface area contributed by atoms with E-state index in [-0.39, 0.29) is 29.3 Å². The Hall–Kier alpha value is -1.76. The van der Waals surface area contributed by atoms with Gasteiger partial charge in [-0.15, -0.1) is 0 Å². The number of aryl methyl sites for hydroxylation is 1. The van der Waals surface area contributed by atoms with Gasteiger partial charge in [-0.25, -0.2) is 13.2 Å². The minimum Gasteiger partial charge on any atom is -0.465 e. The summed E-state index contributed by atoms with van der Waals surface area (Å²) in [7, 11) is -3.56. The highest BCUT2D eigenvalue weighted by atomic mass is 32.2. The zero-order valence-electron chi connectivity index (χ0n) is 14.6. The number of carbonyl (C=O) groups is 1. The van der Waals surface area contributed by atoms with Gasteiger partial charge in [-0.05, 0) is 48.4 Å². The van der Waals surface area contributed by atoms with Crippen LogP contribution in [0.1, 0.15) is 32.8 Å². The van der Waals surface area contributed by atoms with E-state index >= 15 is 0 Å². The second-order valence-electron chi connectivity index (χ2n) is 7.59. The molecule has 1 heterocycles. The largest absolute Gasteiger partial charge is 0.465 e. The number of carboxylic acid groups (broad SMARTS) is 1. The van der Waals surface area contributed by atoms with Crippen LogP contribution < -0.4 is 5.73 Å². The van der Waals surface area contributed by atoms with E-state index in [0.717, 1.165) is 5.56 Å². The van der Waals surface area contributed by atoms with Crippen molar-refractivity contribution in [2.45, 2.75) is 44.3 Å². The molecule has 1 saturated heterocycles. The van der Waals surface area contributed by atoms with Crippen molar-refractivity contribution in [2.24, 2.45) is 11.3 Å². The fourth-order valence-corrected chi connectivity index (χ4v) is 5.60. The third-order valence-corrected chi connectivity index (χ3v) is 7.17. The van der Waals surface area contributed by atoms with Crippen LogP contribution in [0.4, 0.5) is 10.5 Å². The van der Waals surface area contributed by atoms with Crippen LogP contribution in [0.5, 0.6) is 0 Å². The number of amides is 1. The maximum Gasteiger partial charge on any atom is 0.407 e. The van der Waals surface area contributed by atoms with Gasteiger partial charge in [0.1, 0.15) is 0 Å². The van der Waals surface area contributed by atoms with E-state index in [1.165, 1.54) is 4.90 Å². The molecule has 0 aliphatic carbocycles. The number of hydrogen-bond donors (Lipinski definition) is 2. The molecule has 3 N–H and O–H groups in total. The lowest BCUT2D eigenvalue weighted by atomic mass is 9.76. The van der Waals surface area contributed by atoms with Crippen LogP contribution >= 0.6 is 0 Å². The van der Waals surface area contributed by atoms with Crippen molar-refractivity contribution in [1.29, 1.82) is 0 Å². The Bertz CT molecular complexity index is 737. The number of nitrogens with zero attached hydrogens (tertiary/aromatic N) is 1. The van der Waals surface area contributed by atoms with Crippen molar-refractivity contribution in [1.82, 2.24) is 4.90 Å². The highest BCUT2D eigenvalue weighted by molar-refractivity contribution is 7.92. The number of nitrogen functional groups attached to an aromatic ring is 1. The summed E-state index contributed by atoms with van der Waals surface area (Å²) in [6, 6.07) is 4.76. The number of anilines is 1. The molecule has 1 fully saturated rings. The fraction of sp³-hybridized carbons (Fsp3) is 0.588. The second-order valence-corrected chi connectivity index (χ2v) is 9.76. The minimum atomic E-state index is -3.56. The number of nitrogens with two attached hydrogens (primary N) is 1. The van der Waals surface area contributed by atoms with Gasteiger partial charge in [0.25, 0.3) is 0 Å². The lowest BCUT2D eigenvalue weighted by molar-refractivity contribution is 0.0881. The van der Waals surface area contributed by atoms with Crippen molar-refractivity contribution in [3.8, 4) is 0 Å². The number of piperidine rings is 1. The van der Waals surface area contributed by atoms with Crippen molar-refractivity contribution < 1.29 is 18.3 Å². The SMILES string of the molecule is Cc1cc(S(=O)(=O)C2CCN(C(=O)O)CC2C(C)(C)C)ccc1N. The Balaban J connectivity index is 2.43. The first kappa shape index (κ1) is 18.6. The Morgan fingerprint density at radius 3 is 2.46 bits per heavy atom. The molecule has 1 amide bonds. The second kappa shape index (κ2) is 6.27. The molecule has 134 valence electrons.